The number of benzene rings is 1. The van der Waals surface area contributed by atoms with E-state index in [9.17, 15) is 0 Å². The lowest BCUT2D eigenvalue weighted by atomic mass is 10.1. The lowest BCUT2D eigenvalue weighted by molar-refractivity contribution is 0.933. The van der Waals surface area contributed by atoms with Crippen LogP contribution < -0.4 is 5.73 Å². The Bertz CT molecular complexity index is 741. The summed E-state index contributed by atoms with van der Waals surface area (Å²) in [5, 5.41) is 0. The van der Waals surface area contributed by atoms with E-state index in [0.29, 0.717) is 6.54 Å². The number of nitrogens with two attached hydrogens (primary N) is 1. The minimum Gasteiger partial charge on any atom is -0.330 e. The lowest BCUT2D eigenvalue weighted by Gasteiger charge is -2.05. The van der Waals surface area contributed by atoms with Gasteiger partial charge in [0.1, 0.15) is 11.5 Å². The second-order valence-electron chi connectivity index (χ2n) is 5.05. The molecule has 102 valence electrons. The third-order valence-corrected chi connectivity index (χ3v) is 3.43. The average Bonchev–Trinajstić information content (AvgIpc) is 2.83. The molecule has 2 aromatic heterocycles. The lowest BCUT2D eigenvalue weighted by Crippen LogP contribution is -2.02. The van der Waals surface area contributed by atoms with Gasteiger partial charge in [0.25, 0.3) is 0 Å². The molecule has 3 aromatic rings. The minimum atomic E-state index is 0.612. The minimum absolute atomic E-state index is 0.612. The van der Waals surface area contributed by atoms with Crippen molar-refractivity contribution >= 4 is 5.65 Å². The fraction of sp³-hybridized carbons (Fsp3) is 0.250. The Balaban J connectivity index is 2.10. The predicted molar refractivity (Wildman–Crippen MR) is 80.7 cm³/mol. The van der Waals surface area contributed by atoms with E-state index in [1.54, 1.807) is 0 Å². The zero-order valence-electron chi connectivity index (χ0n) is 11.8. The molecule has 0 unspecified atom stereocenters. The standard InChI is InChI=1S/C16H18N4/c1-11-3-5-13(6-4-11)15-9-16-19-14(7-8-17)10-20(16)12(2)18-15/h3-6,9-10H,7-8,17H2,1-2H3. The average molecular weight is 266 g/mol. The first-order valence-corrected chi connectivity index (χ1v) is 6.80. The van der Waals surface area contributed by atoms with Crippen molar-refractivity contribution in [2.75, 3.05) is 6.54 Å². The first-order valence-electron chi connectivity index (χ1n) is 6.80. The normalized spacial score (nSPS) is 11.2. The molecule has 0 amide bonds. The van der Waals surface area contributed by atoms with Gasteiger partial charge in [-0.15, -0.1) is 0 Å². The van der Waals surface area contributed by atoms with Crippen molar-refractivity contribution in [2.45, 2.75) is 20.3 Å². The molecule has 0 radical (unpaired) electrons. The van der Waals surface area contributed by atoms with Gasteiger partial charge in [-0.3, -0.25) is 4.40 Å². The third kappa shape index (κ3) is 2.30. The number of hydrogen-bond donors (Lipinski definition) is 1. The van der Waals surface area contributed by atoms with Gasteiger partial charge < -0.3 is 5.73 Å². The van der Waals surface area contributed by atoms with Gasteiger partial charge in [-0.05, 0) is 20.4 Å². The van der Waals surface area contributed by atoms with Crippen LogP contribution in [0.4, 0.5) is 0 Å². The van der Waals surface area contributed by atoms with Gasteiger partial charge in [-0.2, -0.15) is 0 Å². The molecule has 0 saturated heterocycles. The van der Waals surface area contributed by atoms with E-state index in [0.717, 1.165) is 34.8 Å². The number of aryl methyl sites for hydroxylation is 2. The van der Waals surface area contributed by atoms with E-state index >= 15 is 0 Å². The number of hydrogen-bond acceptors (Lipinski definition) is 3. The first kappa shape index (κ1) is 12.8. The fourth-order valence-corrected chi connectivity index (χ4v) is 2.33. The molecule has 0 saturated carbocycles. The number of nitrogens with zero attached hydrogens (tertiary/aromatic N) is 3. The summed E-state index contributed by atoms with van der Waals surface area (Å²) in [7, 11) is 0. The van der Waals surface area contributed by atoms with Crippen LogP contribution in [0, 0.1) is 13.8 Å². The van der Waals surface area contributed by atoms with Crippen LogP contribution >= 0.6 is 0 Å². The maximum absolute atomic E-state index is 5.59. The maximum atomic E-state index is 5.59. The topological polar surface area (TPSA) is 56.2 Å². The molecule has 0 bridgehead atoms. The highest BCUT2D eigenvalue weighted by atomic mass is 15.1. The number of rotatable bonds is 3. The van der Waals surface area contributed by atoms with Gasteiger partial charge in [-0.25, -0.2) is 9.97 Å². The summed E-state index contributed by atoms with van der Waals surface area (Å²) in [6, 6.07) is 10.4. The molecule has 2 heterocycles. The SMILES string of the molecule is Cc1ccc(-c2cc3nc(CCN)cn3c(C)n2)cc1. The molecule has 0 aliphatic carbocycles. The van der Waals surface area contributed by atoms with E-state index < -0.39 is 0 Å². The highest BCUT2D eigenvalue weighted by Gasteiger charge is 2.08. The Labute approximate surface area is 118 Å². The molecule has 0 aliphatic rings. The summed E-state index contributed by atoms with van der Waals surface area (Å²) in [4.78, 5) is 9.28. The van der Waals surface area contributed by atoms with Crippen LogP contribution in [0.1, 0.15) is 17.1 Å². The van der Waals surface area contributed by atoms with Gasteiger partial charge in [0.2, 0.25) is 0 Å². The molecule has 4 heteroatoms. The largest absolute Gasteiger partial charge is 0.330 e. The Morgan fingerprint density at radius 3 is 2.55 bits per heavy atom. The monoisotopic (exact) mass is 266 g/mol. The Morgan fingerprint density at radius 2 is 1.85 bits per heavy atom. The van der Waals surface area contributed by atoms with Crippen molar-refractivity contribution in [3.8, 4) is 11.3 Å². The van der Waals surface area contributed by atoms with Crippen molar-refractivity contribution in [1.82, 2.24) is 14.4 Å². The summed E-state index contributed by atoms with van der Waals surface area (Å²) in [5.74, 6) is 0.939. The van der Waals surface area contributed by atoms with Crippen LogP contribution in [-0.4, -0.2) is 20.9 Å². The highest BCUT2D eigenvalue weighted by molar-refractivity contribution is 5.64. The Kier molecular flexibility index (Phi) is 3.24. The van der Waals surface area contributed by atoms with Crippen LogP contribution in [-0.2, 0) is 6.42 Å². The quantitative estimate of drug-likeness (QED) is 0.792. The van der Waals surface area contributed by atoms with Gasteiger partial charge >= 0.3 is 0 Å². The Hall–Kier alpha value is -2.20. The van der Waals surface area contributed by atoms with E-state index in [1.807, 2.05) is 23.6 Å². The second kappa shape index (κ2) is 5.06. The van der Waals surface area contributed by atoms with Gasteiger partial charge in [0.15, 0.2) is 0 Å². The molecule has 0 atom stereocenters. The van der Waals surface area contributed by atoms with Crippen LogP contribution in [0.2, 0.25) is 0 Å². The van der Waals surface area contributed by atoms with E-state index in [4.69, 9.17) is 5.73 Å². The number of imidazole rings is 1. The number of aromatic nitrogens is 3. The molecule has 0 fully saturated rings. The fourth-order valence-electron chi connectivity index (χ4n) is 2.33. The summed E-state index contributed by atoms with van der Waals surface area (Å²) < 4.78 is 2.02. The van der Waals surface area contributed by atoms with Crippen LogP contribution in [0.3, 0.4) is 0 Å². The van der Waals surface area contributed by atoms with Crippen molar-refractivity contribution in [2.24, 2.45) is 5.73 Å². The maximum Gasteiger partial charge on any atom is 0.140 e. The van der Waals surface area contributed by atoms with Crippen LogP contribution in [0.15, 0.2) is 36.5 Å². The molecule has 2 N–H and O–H groups in total. The smallest absolute Gasteiger partial charge is 0.140 e. The predicted octanol–water partition coefficient (Wildman–Crippen LogP) is 2.51. The first-order chi connectivity index (χ1) is 9.67. The summed E-state index contributed by atoms with van der Waals surface area (Å²) in [5.41, 5.74) is 10.9. The zero-order chi connectivity index (χ0) is 14.1. The molecule has 3 rings (SSSR count). The third-order valence-electron chi connectivity index (χ3n) is 3.43. The molecule has 20 heavy (non-hydrogen) atoms. The molecular weight excluding hydrogens is 248 g/mol. The van der Waals surface area contributed by atoms with Crippen molar-refractivity contribution in [3.05, 3.63) is 53.6 Å². The van der Waals surface area contributed by atoms with Crippen LogP contribution in [0.5, 0.6) is 0 Å². The molecule has 1 aromatic carbocycles. The van der Waals surface area contributed by atoms with Gasteiger partial charge in [-0.1, -0.05) is 29.8 Å². The van der Waals surface area contributed by atoms with Gasteiger partial charge in [0, 0.05) is 24.2 Å². The summed E-state index contributed by atoms with van der Waals surface area (Å²) in [6.45, 7) is 4.69. The molecular formula is C16H18N4. The van der Waals surface area contributed by atoms with E-state index in [1.165, 1.54) is 5.56 Å². The van der Waals surface area contributed by atoms with Gasteiger partial charge in [0.05, 0.1) is 11.4 Å². The Morgan fingerprint density at radius 1 is 1.10 bits per heavy atom. The van der Waals surface area contributed by atoms with Crippen molar-refractivity contribution in [3.63, 3.8) is 0 Å². The molecule has 4 nitrogen and oxygen atoms in total. The zero-order valence-corrected chi connectivity index (χ0v) is 11.8. The van der Waals surface area contributed by atoms with Crippen molar-refractivity contribution < 1.29 is 0 Å². The van der Waals surface area contributed by atoms with E-state index in [-0.39, 0.29) is 0 Å². The number of fused-ring (bicyclic) bond motifs is 1. The summed E-state index contributed by atoms with van der Waals surface area (Å²) in [6.07, 6.45) is 2.81. The second-order valence-corrected chi connectivity index (χ2v) is 5.05. The van der Waals surface area contributed by atoms with Crippen molar-refractivity contribution in [1.29, 1.82) is 0 Å². The summed E-state index contributed by atoms with van der Waals surface area (Å²) >= 11 is 0. The highest BCUT2D eigenvalue weighted by Crippen LogP contribution is 2.20. The van der Waals surface area contributed by atoms with Crippen LogP contribution in [0.25, 0.3) is 16.9 Å². The molecule has 0 spiro atoms. The molecule has 0 aliphatic heterocycles. The van der Waals surface area contributed by atoms with E-state index in [2.05, 4.69) is 41.2 Å².